The lowest BCUT2D eigenvalue weighted by atomic mass is 9.81. The Bertz CT molecular complexity index is 742. The van der Waals surface area contributed by atoms with Gasteiger partial charge in [0.2, 0.25) is 5.91 Å². The van der Waals surface area contributed by atoms with Gasteiger partial charge in [-0.3, -0.25) is 9.69 Å². The van der Waals surface area contributed by atoms with Gasteiger partial charge in [-0.2, -0.15) is 0 Å². The number of carbonyl (C=O) groups is 1. The number of rotatable bonds is 7. The van der Waals surface area contributed by atoms with Gasteiger partial charge in [0.25, 0.3) is 0 Å². The monoisotopic (exact) mass is 460 g/mol. The summed E-state index contributed by atoms with van der Waals surface area (Å²) in [6.07, 6.45) is 6.64. The largest absolute Gasteiger partial charge is 0.489 e. The Morgan fingerprint density at radius 3 is 2.48 bits per heavy atom. The standard InChI is InChI=1S/C22H30Cl2N2O2.ClH/c1-22(5-6-22)21(27)25(2)13-15-9-17(10-15)28-20-12-18(23)16(11-19(20)24)14-26-7-3-4-8-26;/h11-12,15,17H,3-10,13-14H2,1-2H3;1H/t15-,17-;. The zero-order chi connectivity index (χ0) is 19.9. The number of hydrogen-bond donors (Lipinski definition) is 0. The summed E-state index contributed by atoms with van der Waals surface area (Å²) in [4.78, 5) is 16.7. The average Bonchev–Trinajstić information content (AvgIpc) is 3.16. The molecular formula is C22H31Cl3N2O2. The zero-order valence-electron chi connectivity index (χ0n) is 17.3. The third-order valence-corrected chi connectivity index (χ3v) is 7.22. The number of nitrogens with zero attached hydrogens (tertiary/aromatic N) is 2. The van der Waals surface area contributed by atoms with Crippen LogP contribution in [0.5, 0.6) is 5.75 Å². The zero-order valence-corrected chi connectivity index (χ0v) is 19.6. The van der Waals surface area contributed by atoms with Crippen molar-refractivity contribution in [3.8, 4) is 5.75 Å². The lowest BCUT2D eigenvalue weighted by Gasteiger charge is -2.38. The third kappa shape index (κ3) is 5.33. The molecule has 7 heteroatoms. The molecule has 29 heavy (non-hydrogen) atoms. The molecule has 162 valence electrons. The van der Waals surface area contributed by atoms with Crippen LogP contribution in [0.1, 0.15) is 51.0 Å². The van der Waals surface area contributed by atoms with E-state index in [-0.39, 0.29) is 23.9 Å². The second-order valence-electron chi connectivity index (χ2n) is 9.18. The minimum absolute atomic E-state index is 0. The second-order valence-corrected chi connectivity index (χ2v) is 10.00. The normalized spacial score (nSPS) is 25.1. The molecule has 4 nitrogen and oxygen atoms in total. The van der Waals surface area contributed by atoms with Crippen molar-refractivity contribution in [1.82, 2.24) is 9.80 Å². The van der Waals surface area contributed by atoms with Crippen molar-refractivity contribution in [2.75, 3.05) is 26.7 Å². The van der Waals surface area contributed by atoms with E-state index in [0.29, 0.717) is 22.6 Å². The number of halogens is 3. The van der Waals surface area contributed by atoms with Crippen LogP contribution in [0.15, 0.2) is 12.1 Å². The van der Waals surface area contributed by atoms with E-state index in [4.69, 9.17) is 27.9 Å². The Labute approximate surface area is 190 Å². The molecule has 2 saturated carbocycles. The second kappa shape index (κ2) is 9.21. The van der Waals surface area contributed by atoms with Crippen LogP contribution in [0.25, 0.3) is 0 Å². The molecule has 0 radical (unpaired) electrons. The van der Waals surface area contributed by atoms with Crippen LogP contribution >= 0.6 is 35.6 Å². The molecule has 1 aliphatic heterocycles. The van der Waals surface area contributed by atoms with Crippen LogP contribution < -0.4 is 4.74 Å². The summed E-state index contributed by atoms with van der Waals surface area (Å²) in [5, 5.41) is 1.36. The van der Waals surface area contributed by atoms with E-state index >= 15 is 0 Å². The van der Waals surface area contributed by atoms with Gasteiger partial charge in [0.05, 0.1) is 11.1 Å². The van der Waals surface area contributed by atoms with Crippen LogP contribution in [0.2, 0.25) is 10.0 Å². The van der Waals surface area contributed by atoms with Gasteiger partial charge in [0, 0.05) is 36.6 Å². The van der Waals surface area contributed by atoms with Crippen LogP contribution in [-0.2, 0) is 11.3 Å². The first-order valence-corrected chi connectivity index (χ1v) is 11.2. The van der Waals surface area contributed by atoms with Gasteiger partial charge in [-0.15, -0.1) is 12.4 Å². The SMILES string of the molecule is CN(C[C@H]1C[C@H](Oc2cc(Cl)c(CN3CCCC3)cc2Cl)C1)C(=O)C1(C)CC1.Cl. The molecule has 0 aromatic heterocycles. The van der Waals surface area contributed by atoms with E-state index in [9.17, 15) is 4.79 Å². The number of benzene rings is 1. The molecule has 0 atom stereocenters. The van der Waals surface area contributed by atoms with Crippen molar-refractivity contribution in [3.63, 3.8) is 0 Å². The van der Waals surface area contributed by atoms with Gasteiger partial charge in [0.1, 0.15) is 5.75 Å². The van der Waals surface area contributed by atoms with Crippen LogP contribution in [0.4, 0.5) is 0 Å². The molecule has 1 aromatic carbocycles. The van der Waals surface area contributed by atoms with Crippen molar-refractivity contribution in [2.24, 2.45) is 11.3 Å². The summed E-state index contributed by atoms with van der Waals surface area (Å²) in [5.41, 5.74) is 0.983. The van der Waals surface area contributed by atoms with Crippen molar-refractivity contribution in [2.45, 2.75) is 58.1 Å². The quantitative estimate of drug-likeness (QED) is 0.543. The summed E-state index contributed by atoms with van der Waals surface area (Å²) in [5.74, 6) is 1.47. The maximum atomic E-state index is 12.4. The summed E-state index contributed by atoms with van der Waals surface area (Å²) >= 11 is 13.0. The third-order valence-electron chi connectivity index (χ3n) is 6.57. The van der Waals surface area contributed by atoms with Gasteiger partial charge < -0.3 is 9.64 Å². The van der Waals surface area contributed by atoms with E-state index < -0.39 is 0 Å². The number of carbonyl (C=O) groups excluding carboxylic acids is 1. The molecule has 3 fully saturated rings. The molecule has 3 aliphatic rings. The number of amides is 1. The highest BCUT2D eigenvalue weighted by atomic mass is 35.5. The van der Waals surface area contributed by atoms with E-state index in [1.165, 1.54) is 12.8 Å². The fourth-order valence-corrected chi connectivity index (χ4v) is 4.84. The molecule has 4 rings (SSSR count). The predicted octanol–water partition coefficient (Wildman–Crippen LogP) is 5.43. The minimum Gasteiger partial charge on any atom is -0.489 e. The van der Waals surface area contributed by atoms with Crippen molar-refractivity contribution < 1.29 is 9.53 Å². The first-order chi connectivity index (χ1) is 13.3. The fraction of sp³-hybridized carbons (Fsp3) is 0.682. The Morgan fingerprint density at radius 1 is 1.21 bits per heavy atom. The van der Waals surface area contributed by atoms with E-state index in [1.807, 2.05) is 24.1 Å². The van der Waals surface area contributed by atoms with Gasteiger partial charge >= 0.3 is 0 Å². The Hall–Kier alpha value is -0.680. The topological polar surface area (TPSA) is 32.8 Å². The van der Waals surface area contributed by atoms with Crippen LogP contribution in [0.3, 0.4) is 0 Å². The van der Waals surface area contributed by atoms with Crippen LogP contribution in [0, 0.1) is 11.3 Å². The molecular weight excluding hydrogens is 431 g/mol. The van der Waals surface area contributed by atoms with Crippen molar-refractivity contribution in [3.05, 3.63) is 27.7 Å². The van der Waals surface area contributed by atoms with E-state index in [0.717, 1.165) is 62.4 Å². The number of likely N-dealkylation sites (tertiary alicyclic amines) is 1. The van der Waals surface area contributed by atoms with Crippen molar-refractivity contribution >= 4 is 41.5 Å². The lowest BCUT2D eigenvalue weighted by Crippen LogP contribution is -2.43. The molecule has 0 spiro atoms. The Kier molecular flexibility index (Phi) is 7.31. The van der Waals surface area contributed by atoms with Crippen molar-refractivity contribution in [1.29, 1.82) is 0 Å². The fourth-order valence-electron chi connectivity index (χ4n) is 4.39. The molecule has 1 aromatic rings. The highest BCUT2D eigenvalue weighted by molar-refractivity contribution is 6.34. The van der Waals surface area contributed by atoms with Crippen LogP contribution in [-0.4, -0.2) is 48.5 Å². The summed E-state index contributed by atoms with van der Waals surface area (Å²) in [6, 6.07) is 3.82. The molecule has 0 bridgehead atoms. The minimum atomic E-state index is -0.0878. The molecule has 1 amide bonds. The Balaban J connectivity index is 0.00000240. The summed E-state index contributed by atoms with van der Waals surface area (Å²) < 4.78 is 6.11. The predicted molar refractivity (Wildman–Crippen MR) is 120 cm³/mol. The molecule has 0 unspecified atom stereocenters. The maximum absolute atomic E-state index is 12.4. The number of ether oxygens (including phenoxy) is 1. The van der Waals surface area contributed by atoms with Gasteiger partial charge in [0.15, 0.2) is 0 Å². The highest BCUT2D eigenvalue weighted by Gasteiger charge is 2.47. The molecule has 0 N–H and O–H groups in total. The lowest BCUT2D eigenvalue weighted by molar-refractivity contribution is -0.136. The van der Waals surface area contributed by atoms with Gasteiger partial charge in [-0.1, -0.05) is 30.1 Å². The van der Waals surface area contributed by atoms with Gasteiger partial charge in [-0.25, -0.2) is 0 Å². The molecule has 1 saturated heterocycles. The summed E-state index contributed by atoms with van der Waals surface area (Å²) in [7, 11) is 1.93. The smallest absolute Gasteiger partial charge is 0.228 e. The van der Waals surface area contributed by atoms with Gasteiger partial charge in [-0.05, 0) is 69.2 Å². The van der Waals surface area contributed by atoms with E-state index in [1.54, 1.807) is 0 Å². The average molecular weight is 462 g/mol. The number of hydrogen-bond acceptors (Lipinski definition) is 3. The first-order valence-electron chi connectivity index (χ1n) is 10.5. The Morgan fingerprint density at radius 2 is 1.86 bits per heavy atom. The van der Waals surface area contributed by atoms with E-state index in [2.05, 4.69) is 11.8 Å². The highest BCUT2D eigenvalue weighted by Crippen LogP contribution is 2.46. The molecule has 2 aliphatic carbocycles. The maximum Gasteiger partial charge on any atom is 0.228 e. The summed E-state index contributed by atoms with van der Waals surface area (Å²) in [6.45, 7) is 6.00. The first kappa shape index (κ1) is 23.0. The molecule has 1 heterocycles.